The minimum absolute atomic E-state index is 0.0104. The molecule has 0 bridgehead atoms. The van der Waals surface area contributed by atoms with Gasteiger partial charge in [-0.05, 0) is 25.0 Å². The molecule has 0 saturated carbocycles. The average Bonchev–Trinajstić information content (AvgIpc) is 2.97. The molecule has 1 aromatic carbocycles. The molecule has 4 heteroatoms. The van der Waals surface area contributed by atoms with Crippen molar-refractivity contribution in [3.05, 3.63) is 24.3 Å². The van der Waals surface area contributed by atoms with Gasteiger partial charge in [-0.15, -0.1) is 0 Å². The van der Waals surface area contributed by atoms with Crippen LogP contribution >= 0.6 is 0 Å². The van der Waals surface area contributed by atoms with Crippen LogP contribution in [0.4, 0.5) is 0 Å². The van der Waals surface area contributed by atoms with Crippen LogP contribution in [-0.4, -0.2) is 32.2 Å². The summed E-state index contributed by atoms with van der Waals surface area (Å²) < 4.78 is 16.4. The summed E-state index contributed by atoms with van der Waals surface area (Å²) in [5.74, 6) is 1.41. The fourth-order valence-electron chi connectivity index (χ4n) is 1.96. The van der Waals surface area contributed by atoms with Crippen LogP contribution in [-0.2, 0) is 9.53 Å². The molecule has 1 unspecified atom stereocenters. The Hall–Kier alpha value is -1.55. The highest BCUT2D eigenvalue weighted by atomic mass is 16.5. The van der Waals surface area contributed by atoms with Crippen molar-refractivity contribution in [1.29, 1.82) is 0 Å². The van der Waals surface area contributed by atoms with Gasteiger partial charge in [0.15, 0.2) is 17.3 Å². The molecule has 1 atom stereocenters. The van der Waals surface area contributed by atoms with Crippen LogP contribution in [0, 0.1) is 5.92 Å². The fraction of sp³-hybridized carbons (Fsp3) is 0.533. The second kappa shape index (κ2) is 7.14. The molecule has 1 heterocycles. The molecular formula is C15H20O4. The molecule has 1 fully saturated rings. The molecule has 19 heavy (non-hydrogen) atoms. The first-order chi connectivity index (χ1) is 9.31. The summed E-state index contributed by atoms with van der Waals surface area (Å²) in [7, 11) is 0. The second-order valence-electron chi connectivity index (χ2n) is 4.61. The molecular weight excluding hydrogens is 244 g/mol. The zero-order valence-electron chi connectivity index (χ0n) is 11.3. The molecule has 0 radical (unpaired) electrons. The maximum absolute atomic E-state index is 11.9. The number of ketones is 1. The predicted molar refractivity (Wildman–Crippen MR) is 71.7 cm³/mol. The molecule has 1 aliphatic rings. The van der Waals surface area contributed by atoms with Gasteiger partial charge in [-0.3, -0.25) is 4.79 Å². The number of carbonyl (C=O) groups is 1. The van der Waals surface area contributed by atoms with Gasteiger partial charge in [0.05, 0.1) is 13.2 Å². The number of carbonyl (C=O) groups excluding carboxylic acids is 1. The van der Waals surface area contributed by atoms with E-state index in [1.165, 1.54) is 0 Å². The lowest BCUT2D eigenvalue weighted by Gasteiger charge is -2.13. The molecule has 1 aliphatic heterocycles. The predicted octanol–water partition coefficient (Wildman–Crippen LogP) is 2.46. The van der Waals surface area contributed by atoms with Crippen molar-refractivity contribution >= 4 is 5.78 Å². The van der Waals surface area contributed by atoms with Gasteiger partial charge in [0.1, 0.15) is 6.61 Å². The van der Waals surface area contributed by atoms with Gasteiger partial charge in [-0.25, -0.2) is 0 Å². The third-order valence-corrected chi connectivity index (χ3v) is 3.07. The number of benzene rings is 1. The lowest BCUT2D eigenvalue weighted by Crippen LogP contribution is -2.21. The van der Waals surface area contributed by atoms with Gasteiger partial charge >= 0.3 is 0 Å². The van der Waals surface area contributed by atoms with E-state index in [0.29, 0.717) is 31.3 Å². The molecule has 1 saturated heterocycles. The van der Waals surface area contributed by atoms with Crippen molar-refractivity contribution in [2.24, 2.45) is 5.92 Å². The number of Topliss-reactive ketones (excluding diaryl/α,β-unsaturated/α-hetero) is 1. The van der Waals surface area contributed by atoms with Gasteiger partial charge in [0.25, 0.3) is 0 Å². The lowest BCUT2D eigenvalue weighted by molar-refractivity contribution is -0.124. The Morgan fingerprint density at radius 1 is 1.32 bits per heavy atom. The van der Waals surface area contributed by atoms with Crippen LogP contribution in [0.3, 0.4) is 0 Å². The third kappa shape index (κ3) is 3.96. The minimum Gasteiger partial charge on any atom is -0.490 e. The molecule has 1 aromatic rings. The number of hydrogen-bond acceptors (Lipinski definition) is 4. The van der Waals surface area contributed by atoms with Crippen molar-refractivity contribution in [3.63, 3.8) is 0 Å². The zero-order chi connectivity index (χ0) is 13.5. The highest BCUT2D eigenvalue weighted by molar-refractivity contribution is 5.82. The normalized spacial score (nSPS) is 18.3. The van der Waals surface area contributed by atoms with Crippen LogP contribution in [0.1, 0.15) is 19.8 Å². The Bertz CT molecular complexity index is 410. The Morgan fingerprint density at radius 2 is 2.05 bits per heavy atom. The summed E-state index contributed by atoms with van der Waals surface area (Å²) in [6, 6.07) is 7.44. The molecule has 0 aliphatic carbocycles. The highest BCUT2D eigenvalue weighted by Gasteiger charge is 2.23. The van der Waals surface area contributed by atoms with Crippen molar-refractivity contribution in [2.75, 3.05) is 26.4 Å². The van der Waals surface area contributed by atoms with Gasteiger partial charge in [-0.2, -0.15) is 0 Å². The molecule has 0 spiro atoms. The van der Waals surface area contributed by atoms with Gasteiger partial charge in [0, 0.05) is 12.5 Å². The summed E-state index contributed by atoms with van der Waals surface area (Å²) in [6.07, 6.45) is 1.74. The Balaban J connectivity index is 1.89. The average molecular weight is 264 g/mol. The second-order valence-corrected chi connectivity index (χ2v) is 4.61. The van der Waals surface area contributed by atoms with Crippen LogP contribution in [0.25, 0.3) is 0 Å². The monoisotopic (exact) mass is 264 g/mol. The van der Waals surface area contributed by atoms with E-state index in [1.807, 2.05) is 31.2 Å². The lowest BCUT2D eigenvalue weighted by atomic mass is 10.0. The summed E-state index contributed by atoms with van der Waals surface area (Å²) in [5.41, 5.74) is 0. The van der Waals surface area contributed by atoms with E-state index in [4.69, 9.17) is 14.2 Å². The van der Waals surface area contributed by atoms with E-state index in [-0.39, 0.29) is 18.3 Å². The van der Waals surface area contributed by atoms with Crippen LogP contribution in [0.5, 0.6) is 11.5 Å². The highest BCUT2D eigenvalue weighted by Crippen LogP contribution is 2.27. The number of rotatable bonds is 7. The van der Waals surface area contributed by atoms with Crippen molar-refractivity contribution in [1.82, 2.24) is 0 Å². The third-order valence-electron chi connectivity index (χ3n) is 3.07. The Morgan fingerprint density at radius 3 is 2.68 bits per heavy atom. The van der Waals surface area contributed by atoms with E-state index < -0.39 is 0 Å². The fourth-order valence-corrected chi connectivity index (χ4v) is 1.96. The van der Waals surface area contributed by atoms with Crippen LogP contribution in [0.15, 0.2) is 24.3 Å². The summed E-state index contributed by atoms with van der Waals surface area (Å²) >= 11 is 0. The van der Waals surface area contributed by atoms with Crippen molar-refractivity contribution in [2.45, 2.75) is 19.8 Å². The number of para-hydroxylation sites is 2. The van der Waals surface area contributed by atoms with E-state index >= 15 is 0 Å². The first-order valence-corrected chi connectivity index (χ1v) is 6.76. The molecule has 104 valence electrons. The smallest absolute Gasteiger partial charge is 0.175 e. The van der Waals surface area contributed by atoms with Gasteiger partial charge in [0.2, 0.25) is 0 Å². The van der Waals surface area contributed by atoms with E-state index in [9.17, 15) is 4.79 Å². The number of ether oxygens (including phenoxy) is 3. The Labute approximate surface area is 113 Å². The van der Waals surface area contributed by atoms with E-state index in [2.05, 4.69) is 0 Å². The standard InChI is InChI=1S/C15H20O4/c1-2-8-18-14-5-3-4-6-15(14)19-11-13(16)12-7-9-17-10-12/h3-6,12H,2,7-11H2,1H3. The molecule has 0 amide bonds. The van der Waals surface area contributed by atoms with Crippen LogP contribution in [0.2, 0.25) is 0 Å². The van der Waals surface area contributed by atoms with Gasteiger partial charge < -0.3 is 14.2 Å². The zero-order valence-corrected chi connectivity index (χ0v) is 11.3. The first kappa shape index (κ1) is 13.9. The summed E-state index contributed by atoms with van der Waals surface area (Å²) in [6.45, 7) is 3.97. The van der Waals surface area contributed by atoms with Crippen LogP contribution < -0.4 is 9.47 Å². The van der Waals surface area contributed by atoms with Crippen molar-refractivity contribution in [3.8, 4) is 11.5 Å². The number of hydrogen-bond donors (Lipinski definition) is 0. The minimum atomic E-state index is -0.0104. The molecule has 4 nitrogen and oxygen atoms in total. The topological polar surface area (TPSA) is 44.8 Å². The summed E-state index contributed by atoms with van der Waals surface area (Å²) in [4.78, 5) is 11.9. The maximum atomic E-state index is 11.9. The Kier molecular flexibility index (Phi) is 5.21. The van der Waals surface area contributed by atoms with E-state index in [1.54, 1.807) is 0 Å². The SMILES string of the molecule is CCCOc1ccccc1OCC(=O)C1CCOC1. The largest absolute Gasteiger partial charge is 0.490 e. The molecule has 0 aromatic heterocycles. The quantitative estimate of drug-likeness (QED) is 0.759. The maximum Gasteiger partial charge on any atom is 0.175 e. The molecule has 2 rings (SSSR count). The van der Waals surface area contributed by atoms with Gasteiger partial charge in [-0.1, -0.05) is 19.1 Å². The van der Waals surface area contributed by atoms with E-state index in [0.717, 1.165) is 12.8 Å². The van der Waals surface area contributed by atoms with Crippen molar-refractivity contribution < 1.29 is 19.0 Å². The first-order valence-electron chi connectivity index (χ1n) is 6.76. The summed E-state index contributed by atoms with van der Waals surface area (Å²) in [5, 5.41) is 0. The molecule has 0 N–H and O–H groups in total.